The Labute approximate surface area is 164 Å². The largest absolute Gasteiger partial charge is 0.318 e. The molecule has 0 fully saturated rings. The molecular formula is C19H17IN4O2. The van der Waals surface area contributed by atoms with Crippen molar-refractivity contribution in [2.75, 3.05) is 5.43 Å². The monoisotopic (exact) mass is 460 g/mol. The van der Waals surface area contributed by atoms with Crippen molar-refractivity contribution >= 4 is 40.2 Å². The second-order valence-corrected chi connectivity index (χ2v) is 7.03. The fourth-order valence-electron chi connectivity index (χ4n) is 2.80. The number of nitro benzene ring substituents is 1. The standard InChI is InChI=1S/C19H17IN4O2/c1-13-11-15(14(2)23(13)17-9-7-16(20)8-10-17)12-21-22-18-5-3-4-6-19(18)24(25)26/h3-12,22H,1-2H3. The highest BCUT2D eigenvalue weighted by Crippen LogP contribution is 2.24. The van der Waals surface area contributed by atoms with Crippen LogP contribution in [0.2, 0.25) is 0 Å². The van der Waals surface area contributed by atoms with E-state index in [1.165, 1.54) is 9.64 Å². The Hall–Kier alpha value is -2.68. The van der Waals surface area contributed by atoms with Crippen LogP contribution in [0.3, 0.4) is 0 Å². The highest BCUT2D eigenvalue weighted by Gasteiger charge is 2.12. The number of hydrazone groups is 1. The summed E-state index contributed by atoms with van der Waals surface area (Å²) in [5, 5.41) is 15.2. The second kappa shape index (κ2) is 7.69. The Bertz CT molecular complexity index is 978. The van der Waals surface area contributed by atoms with Crippen LogP contribution in [0.15, 0.2) is 59.7 Å². The number of nitrogens with one attached hydrogen (secondary N) is 1. The van der Waals surface area contributed by atoms with Crippen LogP contribution in [-0.2, 0) is 0 Å². The summed E-state index contributed by atoms with van der Waals surface area (Å²) < 4.78 is 3.34. The molecule has 132 valence electrons. The average molecular weight is 460 g/mol. The molecular weight excluding hydrogens is 443 g/mol. The van der Waals surface area contributed by atoms with Crippen LogP contribution in [-0.4, -0.2) is 15.7 Å². The van der Waals surface area contributed by atoms with Gasteiger partial charge in [0, 0.05) is 32.3 Å². The molecule has 0 radical (unpaired) electrons. The van der Waals surface area contributed by atoms with Crippen molar-refractivity contribution in [2.45, 2.75) is 13.8 Å². The molecule has 0 aliphatic carbocycles. The lowest BCUT2D eigenvalue weighted by Crippen LogP contribution is -2.00. The van der Waals surface area contributed by atoms with Crippen LogP contribution in [0, 0.1) is 27.5 Å². The fraction of sp³-hybridized carbons (Fsp3) is 0.105. The number of nitro groups is 1. The predicted octanol–water partition coefficient (Wildman–Crippen LogP) is 5.05. The number of aryl methyl sites for hydroxylation is 1. The SMILES string of the molecule is Cc1cc(C=NNc2ccccc2[N+](=O)[O-])c(C)n1-c1ccc(I)cc1. The van der Waals surface area contributed by atoms with E-state index in [4.69, 9.17) is 0 Å². The van der Waals surface area contributed by atoms with E-state index >= 15 is 0 Å². The third-order valence-corrected chi connectivity index (χ3v) is 4.76. The van der Waals surface area contributed by atoms with Gasteiger partial charge in [-0.05, 0) is 72.8 Å². The van der Waals surface area contributed by atoms with Gasteiger partial charge in [-0.1, -0.05) is 12.1 Å². The van der Waals surface area contributed by atoms with Crippen LogP contribution in [0.25, 0.3) is 5.69 Å². The molecule has 0 atom stereocenters. The quantitative estimate of drug-likeness (QED) is 0.251. The highest BCUT2D eigenvalue weighted by molar-refractivity contribution is 14.1. The molecule has 1 heterocycles. The van der Waals surface area contributed by atoms with Crippen molar-refractivity contribution in [1.82, 2.24) is 4.57 Å². The summed E-state index contributed by atoms with van der Waals surface area (Å²) in [6.07, 6.45) is 1.68. The Morgan fingerprint density at radius 2 is 1.85 bits per heavy atom. The summed E-state index contributed by atoms with van der Waals surface area (Å²) in [4.78, 5) is 10.6. The van der Waals surface area contributed by atoms with Gasteiger partial charge in [0.15, 0.2) is 0 Å². The van der Waals surface area contributed by atoms with Crippen LogP contribution >= 0.6 is 22.6 Å². The Kier molecular flexibility index (Phi) is 5.36. The van der Waals surface area contributed by atoms with Gasteiger partial charge in [0.2, 0.25) is 0 Å². The Balaban J connectivity index is 1.85. The number of hydrogen-bond acceptors (Lipinski definition) is 4. The number of rotatable bonds is 5. The van der Waals surface area contributed by atoms with Crippen molar-refractivity contribution in [1.29, 1.82) is 0 Å². The van der Waals surface area contributed by atoms with E-state index in [9.17, 15) is 10.1 Å². The maximum Gasteiger partial charge on any atom is 0.294 e. The minimum Gasteiger partial charge on any atom is -0.318 e. The van der Waals surface area contributed by atoms with E-state index in [1.54, 1.807) is 24.4 Å². The van der Waals surface area contributed by atoms with E-state index in [-0.39, 0.29) is 5.69 Å². The molecule has 1 aromatic heterocycles. The lowest BCUT2D eigenvalue weighted by molar-refractivity contribution is -0.384. The van der Waals surface area contributed by atoms with Gasteiger partial charge in [-0.25, -0.2) is 0 Å². The van der Waals surface area contributed by atoms with Gasteiger partial charge >= 0.3 is 0 Å². The third kappa shape index (κ3) is 3.77. The first-order chi connectivity index (χ1) is 12.5. The number of hydrogen-bond donors (Lipinski definition) is 1. The maximum absolute atomic E-state index is 11.0. The van der Waals surface area contributed by atoms with E-state index in [2.05, 4.69) is 62.0 Å². The molecule has 2 aromatic carbocycles. The summed E-state index contributed by atoms with van der Waals surface area (Å²) in [6, 6.07) is 16.8. The molecule has 0 saturated carbocycles. The van der Waals surface area contributed by atoms with Crippen LogP contribution in [0.1, 0.15) is 17.0 Å². The average Bonchev–Trinajstić information content (AvgIpc) is 2.90. The lowest BCUT2D eigenvalue weighted by Gasteiger charge is -2.09. The first-order valence-corrected chi connectivity index (χ1v) is 9.02. The van der Waals surface area contributed by atoms with Crippen molar-refractivity contribution in [3.05, 3.63) is 85.2 Å². The van der Waals surface area contributed by atoms with Crippen molar-refractivity contribution in [3.63, 3.8) is 0 Å². The highest BCUT2D eigenvalue weighted by atomic mass is 127. The number of anilines is 1. The van der Waals surface area contributed by atoms with Crippen molar-refractivity contribution in [2.24, 2.45) is 5.10 Å². The zero-order valence-corrected chi connectivity index (χ0v) is 16.5. The summed E-state index contributed by atoms with van der Waals surface area (Å²) in [5.74, 6) is 0. The normalized spacial score (nSPS) is 11.0. The molecule has 0 aliphatic heterocycles. The van der Waals surface area contributed by atoms with Gasteiger partial charge in [-0.15, -0.1) is 0 Å². The molecule has 0 spiro atoms. The Morgan fingerprint density at radius 1 is 1.15 bits per heavy atom. The van der Waals surface area contributed by atoms with Crippen LogP contribution in [0.5, 0.6) is 0 Å². The van der Waals surface area contributed by atoms with E-state index in [0.29, 0.717) is 5.69 Å². The predicted molar refractivity (Wildman–Crippen MR) is 112 cm³/mol. The third-order valence-electron chi connectivity index (χ3n) is 4.04. The van der Waals surface area contributed by atoms with Crippen LogP contribution < -0.4 is 5.43 Å². The van der Waals surface area contributed by atoms with Gasteiger partial charge in [0.05, 0.1) is 11.1 Å². The van der Waals surface area contributed by atoms with E-state index in [0.717, 1.165) is 22.6 Å². The molecule has 3 rings (SSSR count). The minimum atomic E-state index is -0.430. The zero-order valence-electron chi connectivity index (χ0n) is 14.3. The van der Waals surface area contributed by atoms with E-state index < -0.39 is 4.92 Å². The molecule has 0 aliphatic rings. The fourth-order valence-corrected chi connectivity index (χ4v) is 3.16. The summed E-state index contributed by atoms with van der Waals surface area (Å²) in [7, 11) is 0. The molecule has 6 nitrogen and oxygen atoms in total. The zero-order chi connectivity index (χ0) is 18.7. The van der Waals surface area contributed by atoms with Crippen molar-refractivity contribution < 1.29 is 4.92 Å². The minimum absolute atomic E-state index is 0.00555. The molecule has 0 unspecified atom stereocenters. The number of halogens is 1. The van der Waals surface area contributed by atoms with Gasteiger partial charge in [-0.2, -0.15) is 5.10 Å². The lowest BCUT2D eigenvalue weighted by atomic mass is 10.2. The molecule has 0 saturated heterocycles. The summed E-state index contributed by atoms with van der Waals surface area (Å²) in [5.41, 5.74) is 7.31. The van der Waals surface area contributed by atoms with E-state index in [1.807, 2.05) is 19.9 Å². The van der Waals surface area contributed by atoms with Gasteiger partial charge in [0.1, 0.15) is 5.69 Å². The number of nitrogens with zero attached hydrogens (tertiary/aromatic N) is 3. The number of para-hydroxylation sites is 2. The molecule has 7 heteroatoms. The maximum atomic E-state index is 11.0. The molecule has 1 N–H and O–H groups in total. The van der Waals surface area contributed by atoms with Gasteiger partial charge in [-0.3, -0.25) is 15.5 Å². The van der Waals surface area contributed by atoms with Crippen LogP contribution in [0.4, 0.5) is 11.4 Å². The van der Waals surface area contributed by atoms with Crippen molar-refractivity contribution in [3.8, 4) is 5.69 Å². The molecule has 0 amide bonds. The van der Waals surface area contributed by atoms with Gasteiger partial charge in [0.25, 0.3) is 5.69 Å². The Morgan fingerprint density at radius 3 is 2.54 bits per heavy atom. The number of aromatic nitrogens is 1. The first-order valence-electron chi connectivity index (χ1n) is 7.95. The first kappa shape index (κ1) is 18.1. The van der Waals surface area contributed by atoms with Gasteiger partial charge < -0.3 is 4.57 Å². The summed E-state index contributed by atoms with van der Waals surface area (Å²) in [6.45, 7) is 4.06. The molecule has 26 heavy (non-hydrogen) atoms. The molecule has 0 bridgehead atoms. The summed E-state index contributed by atoms with van der Waals surface area (Å²) >= 11 is 2.28. The number of benzene rings is 2. The second-order valence-electron chi connectivity index (χ2n) is 5.78. The topological polar surface area (TPSA) is 72.5 Å². The smallest absolute Gasteiger partial charge is 0.294 e. The molecule has 3 aromatic rings.